The lowest BCUT2D eigenvalue weighted by atomic mass is 10.1. The van der Waals surface area contributed by atoms with E-state index in [0.29, 0.717) is 17.3 Å². The summed E-state index contributed by atoms with van der Waals surface area (Å²) in [5.74, 6) is 0. The third-order valence-corrected chi connectivity index (χ3v) is 3.20. The number of aryl methyl sites for hydroxylation is 1. The van der Waals surface area contributed by atoms with Gasteiger partial charge in [-0.1, -0.05) is 48.9 Å². The predicted octanol–water partition coefficient (Wildman–Crippen LogP) is 4.22. The van der Waals surface area contributed by atoms with Gasteiger partial charge < -0.3 is 10.6 Å². The first-order chi connectivity index (χ1) is 9.67. The van der Waals surface area contributed by atoms with Gasteiger partial charge in [0.2, 0.25) is 0 Å². The maximum Gasteiger partial charge on any atom is 0.319 e. The van der Waals surface area contributed by atoms with Crippen LogP contribution in [0.5, 0.6) is 0 Å². The minimum absolute atomic E-state index is 0.244. The van der Waals surface area contributed by atoms with E-state index < -0.39 is 0 Å². The van der Waals surface area contributed by atoms with Gasteiger partial charge in [0, 0.05) is 17.3 Å². The van der Waals surface area contributed by atoms with Crippen LogP contribution in [0.3, 0.4) is 0 Å². The molecule has 0 fully saturated rings. The zero-order valence-corrected chi connectivity index (χ0v) is 12.1. The van der Waals surface area contributed by atoms with E-state index in [1.807, 2.05) is 12.1 Å². The molecule has 0 spiro atoms. The van der Waals surface area contributed by atoms with Gasteiger partial charge in [-0.3, -0.25) is 0 Å². The molecule has 2 amide bonds. The summed E-state index contributed by atoms with van der Waals surface area (Å²) in [5, 5.41) is 6.15. The van der Waals surface area contributed by atoms with E-state index in [9.17, 15) is 4.79 Å². The Morgan fingerprint density at radius 1 is 1.10 bits per heavy atom. The Labute approximate surface area is 124 Å². The fourth-order valence-corrected chi connectivity index (χ4v) is 2.01. The summed E-state index contributed by atoms with van der Waals surface area (Å²) in [6.45, 7) is 2.61. The third-order valence-electron chi connectivity index (χ3n) is 2.97. The molecule has 2 N–H and O–H groups in total. The average Bonchev–Trinajstić information content (AvgIpc) is 2.46. The molecule has 0 heterocycles. The van der Waals surface area contributed by atoms with E-state index in [4.69, 9.17) is 11.6 Å². The molecule has 20 heavy (non-hydrogen) atoms. The zero-order chi connectivity index (χ0) is 14.4. The fraction of sp³-hybridized carbons (Fsp3) is 0.188. The van der Waals surface area contributed by atoms with Crippen LogP contribution in [0.4, 0.5) is 10.5 Å². The van der Waals surface area contributed by atoms with Gasteiger partial charge in [0.15, 0.2) is 0 Å². The van der Waals surface area contributed by atoms with Crippen LogP contribution in [-0.2, 0) is 13.0 Å². The molecule has 0 atom stereocenters. The van der Waals surface area contributed by atoms with Gasteiger partial charge in [-0.2, -0.15) is 0 Å². The second-order valence-electron chi connectivity index (χ2n) is 4.49. The number of benzene rings is 2. The number of amides is 2. The highest BCUT2D eigenvalue weighted by Gasteiger charge is 2.02. The number of anilines is 1. The molecule has 2 aromatic carbocycles. The van der Waals surface area contributed by atoms with Crippen molar-refractivity contribution in [2.24, 2.45) is 0 Å². The van der Waals surface area contributed by atoms with Crippen molar-refractivity contribution in [3.8, 4) is 0 Å². The Morgan fingerprint density at radius 2 is 1.80 bits per heavy atom. The second-order valence-corrected chi connectivity index (χ2v) is 4.92. The topological polar surface area (TPSA) is 41.1 Å². The van der Waals surface area contributed by atoms with Gasteiger partial charge in [-0.15, -0.1) is 0 Å². The Balaban J connectivity index is 1.85. The van der Waals surface area contributed by atoms with E-state index in [1.165, 1.54) is 5.56 Å². The number of hydrogen-bond donors (Lipinski definition) is 2. The summed E-state index contributed by atoms with van der Waals surface area (Å²) in [6.07, 6.45) is 1.02. The van der Waals surface area contributed by atoms with Crippen molar-refractivity contribution in [2.75, 3.05) is 5.32 Å². The van der Waals surface area contributed by atoms with Crippen molar-refractivity contribution in [1.29, 1.82) is 0 Å². The summed E-state index contributed by atoms with van der Waals surface area (Å²) >= 11 is 5.86. The van der Waals surface area contributed by atoms with Crippen LogP contribution in [0.25, 0.3) is 0 Å². The number of rotatable bonds is 4. The van der Waals surface area contributed by atoms with Crippen LogP contribution in [0.1, 0.15) is 18.1 Å². The van der Waals surface area contributed by atoms with Crippen molar-refractivity contribution >= 4 is 23.3 Å². The van der Waals surface area contributed by atoms with Crippen LogP contribution in [0, 0.1) is 0 Å². The average molecular weight is 289 g/mol. The van der Waals surface area contributed by atoms with Gasteiger partial charge in [0.1, 0.15) is 0 Å². The van der Waals surface area contributed by atoms with Gasteiger partial charge in [-0.05, 0) is 35.7 Å². The number of hydrogen-bond acceptors (Lipinski definition) is 1. The molecule has 2 rings (SSSR count). The SMILES string of the molecule is CCc1ccc(CNC(=O)Nc2cccc(Cl)c2)cc1. The number of urea groups is 1. The third kappa shape index (κ3) is 4.28. The largest absolute Gasteiger partial charge is 0.334 e. The number of halogens is 1. The number of nitrogens with one attached hydrogen (secondary N) is 2. The lowest BCUT2D eigenvalue weighted by Crippen LogP contribution is -2.28. The molecule has 0 aliphatic rings. The highest BCUT2D eigenvalue weighted by Crippen LogP contribution is 2.14. The second kappa shape index (κ2) is 6.96. The summed E-state index contributed by atoms with van der Waals surface area (Å²) in [4.78, 5) is 11.8. The molecular formula is C16H17ClN2O. The maximum atomic E-state index is 11.8. The van der Waals surface area contributed by atoms with E-state index in [-0.39, 0.29) is 6.03 Å². The standard InChI is InChI=1S/C16H17ClN2O/c1-2-12-6-8-13(9-7-12)11-18-16(20)19-15-5-3-4-14(17)10-15/h3-10H,2,11H2,1H3,(H2,18,19,20). The van der Waals surface area contributed by atoms with Crippen molar-refractivity contribution in [2.45, 2.75) is 19.9 Å². The van der Waals surface area contributed by atoms with Crippen molar-refractivity contribution in [3.05, 3.63) is 64.7 Å². The fourth-order valence-electron chi connectivity index (χ4n) is 1.82. The summed E-state index contributed by atoms with van der Waals surface area (Å²) in [6, 6.07) is 15.0. The minimum Gasteiger partial charge on any atom is -0.334 e. The van der Waals surface area contributed by atoms with E-state index in [1.54, 1.807) is 24.3 Å². The number of carbonyl (C=O) groups is 1. The highest BCUT2D eigenvalue weighted by atomic mass is 35.5. The molecule has 0 aliphatic heterocycles. The zero-order valence-electron chi connectivity index (χ0n) is 11.3. The Bertz CT molecular complexity index is 581. The first-order valence-corrected chi connectivity index (χ1v) is 6.93. The molecule has 0 radical (unpaired) electrons. The summed E-state index contributed by atoms with van der Waals surface area (Å²) in [5.41, 5.74) is 3.04. The van der Waals surface area contributed by atoms with Gasteiger partial charge >= 0.3 is 6.03 Å². The molecular weight excluding hydrogens is 272 g/mol. The number of carbonyl (C=O) groups excluding carboxylic acids is 1. The van der Waals surface area contributed by atoms with Crippen molar-refractivity contribution in [3.63, 3.8) is 0 Å². The van der Waals surface area contributed by atoms with Crippen LogP contribution < -0.4 is 10.6 Å². The Hall–Kier alpha value is -2.00. The van der Waals surface area contributed by atoms with E-state index >= 15 is 0 Å². The van der Waals surface area contributed by atoms with Crippen molar-refractivity contribution in [1.82, 2.24) is 5.32 Å². The minimum atomic E-state index is -0.244. The normalized spacial score (nSPS) is 10.1. The molecule has 0 aromatic heterocycles. The van der Waals surface area contributed by atoms with Gasteiger partial charge in [0.25, 0.3) is 0 Å². The lowest BCUT2D eigenvalue weighted by Gasteiger charge is -2.08. The molecule has 104 valence electrons. The molecule has 2 aromatic rings. The lowest BCUT2D eigenvalue weighted by molar-refractivity contribution is 0.251. The van der Waals surface area contributed by atoms with E-state index in [0.717, 1.165) is 12.0 Å². The highest BCUT2D eigenvalue weighted by molar-refractivity contribution is 6.30. The molecule has 0 unspecified atom stereocenters. The monoisotopic (exact) mass is 288 g/mol. The summed E-state index contributed by atoms with van der Waals surface area (Å²) in [7, 11) is 0. The van der Waals surface area contributed by atoms with Crippen LogP contribution >= 0.6 is 11.6 Å². The van der Waals surface area contributed by atoms with Crippen LogP contribution in [0.15, 0.2) is 48.5 Å². The molecule has 4 heteroatoms. The Kier molecular flexibility index (Phi) is 5.02. The van der Waals surface area contributed by atoms with Gasteiger partial charge in [0.05, 0.1) is 0 Å². The van der Waals surface area contributed by atoms with Crippen LogP contribution in [0.2, 0.25) is 5.02 Å². The smallest absolute Gasteiger partial charge is 0.319 e. The van der Waals surface area contributed by atoms with E-state index in [2.05, 4.69) is 29.7 Å². The van der Waals surface area contributed by atoms with Gasteiger partial charge in [-0.25, -0.2) is 4.79 Å². The molecule has 0 aliphatic carbocycles. The van der Waals surface area contributed by atoms with Crippen LogP contribution in [-0.4, -0.2) is 6.03 Å². The summed E-state index contributed by atoms with van der Waals surface area (Å²) < 4.78 is 0. The first kappa shape index (κ1) is 14.4. The molecule has 0 saturated heterocycles. The quantitative estimate of drug-likeness (QED) is 0.869. The maximum absolute atomic E-state index is 11.8. The van der Waals surface area contributed by atoms with Crippen molar-refractivity contribution < 1.29 is 4.79 Å². The predicted molar refractivity (Wildman–Crippen MR) is 83.1 cm³/mol. The Morgan fingerprint density at radius 3 is 2.45 bits per heavy atom. The molecule has 0 saturated carbocycles. The molecule has 3 nitrogen and oxygen atoms in total. The first-order valence-electron chi connectivity index (χ1n) is 6.55. The molecule has 0 bridgehead atoms.